The Morgan fingerprint density at radius 3 is 2.48 bits per heavy atom. The Morgan fingerprint density at radius 2 is 1.96 bits per heavy atom. The molecule has 0 saturated heterocycles. The van der Waals surface area contributed by atoms with Crippen molar-refractivity contribution in [3.8, 4) is 0 Å². The maximum Gasteiger partial charge on any atom is 0.316 e. The van der Waals surface area contributed by atoms with Crippen molar-refractivity contribution in [1.29, 1.82) is 0 Å². The van der Waals surface area contributed by atoms with Gasteiger partial charge in [-0.05, 0) is 36.1 Å². The first-order valence-electron chi connectivity index (χ1n) is 8.19. The van der Waals surface area contributed by atoms with E-state index in [1.54, 1.807) is 38.1 Å². The van der Waals surface area contributed by atoms with Gasteiger partial charge in [0.05, 0.1) is 24.1 Å². The minimum atomic E-state index is -0.895. The van der Waals surface area contributed by atoms with E-state index < -0.39 is 17.3 Å². The second-order valence-electron chi connectivity index (χ2n) is 6.81. The van der Waals surface area contributed by atoms with Crippen molar-refractivity contribution < 1.29 is 19.4 Å². The van der Waals surface area contributed by atoms with Crippen LogP contribution in [-0.2, 0) is 14.3 Å². The molecule has 0 bridgehead atoms. The van der Waals surface area contributed by atoms with E-state index in [4.69, 9.17) is 10.5 Å². The molecule has 0 aliphatic heterocycles. The highest BCUT2D eigenvalue weighted by molar-refractivity contribution is 6.24. The average Bonchev–Trinajstić information content (AvgIpc) is 2.54. The number of carbonyl (C=O) groups excluding carboxylic acids is 2. The van der Waals surface area contributed by atoms with Crippen LogP contribution in [0.25, 0.3) is 0 Å². The summed E-state index contributed by atoms with van der Waals surface area (Å²) in [5.41, 5.74) is 6.74. The maximum absolute atomic E-state index is 12.7. The molecule has 1 aromatic carbocycles. The number of allylic oxidation sites excluding steroid dienone is 1. The normalized spacial score (nSPS) is 20.6. The summed E-state index contributed by atoms with van der Waals surface area (Å²) in [5.74, 6) is -1.94. The van der Waals surface area contributed by atoms with E-state index in [9.17, 15) is 14.7 Å². The lowest BCUT2D eigenvalue weighted by atomic mass is 9.67. The van der Waals surface area contributed by atoms with Gasteiger partial charge in [-0.2, -0.15) is 0 Å². The smallest absolute Gasteiger partial charge is 0.316 e. The van der Waals surface area contributed by atoms with Gasteiger partial charge < -0.3 is 15.6 Å². The van der Waals surface area contributed by atoms with Crippen molar-refractivity contribution in [2.75, 3.05) is 12.8 Å². The Hall–Kier alpha value is -2.63. The number of aliphatic hydroxyl groups excluding tert-OH is 1. The molecular formula is C19H24N2O4. The Balaban J connectivity index is 2.57. The van der Waals surface area contributed by atoms with Crippen molar-refractivity contribution in [3.05, 3.63) is 35.6 Å². The van der Waals surface area contributed by atoms with Gasteiger partial charge >= 0.3 is 5.97 Å². The predicted octanol–water partition coefficient (Wildman–Crippen LogP) is 3.35. The fraction of sp³-hybridized carbons (Fsp3) is 0.421. The summed E-state index contributed by atoms with van der Waals surface area (Å²) in [6.07, 6.45) is 0.566. The number of Topliss-reactive ketones (excluding diaryl/α,β-unsaturated/α-hetero) is 1. The number of rotatable bonds is 4. The van der Waals surface area contributed by atoms with E-state index >= 15 is 0 Å². The molecule has 2 rings (SSSR count). The molecule has 0 radical (unpaired) electrons. The number of anilines is 1. The molecule has 1 aromatic rings. The number of hydrogen-bond acceptors (Lipinski definition) is 6. The third-order valence-electron chi connectivity index (χ3n) is 4.42. The number of nitrogens with zero attached hydrogens (tertiary/aromatic N) is 1. The zero-order valence-corrected chi connectivity index (χ0v) is 15.0. The number of aliphatic imine (C=N–C) groups is 1. The van der Waals surface area contributed by atoms with E-state index in [0.29, 0.717) is 23.5 Å². The number of carbonyl (C=O) groups is 2. The molecule has 25 heavy (non-hydrogen) atoms. The molecule has 0 aromatic heterocycles. The molecule has 0 heterocycles. The molecule has 0 spiro atoms. The summed E-state index contributed by atoms with van der Waals surface area (Å²) in [7, 11) is 1.27. The Kier molecular flexibility index (Phi) is 5.30. The lowest BCUT2D eigenvalue weighted by molar-refractivity contribution is -0.150. The van der Waals surface area contributed by atoms with E-state index in [1.807, 2.05) is 6.92 Å². The van der Waals surface area contributed by atoms with Gasteiger partial charge in [0, 0.05) is 12.1 Å². The van der Waals surface area contributed by atoms with Gasteiger partial charge in [0.1, 0.15) is 11.7 Å². The average molecular weight is 344 g/mol. The van der Waals surface area contributed by atoms with Crippen LogP contribution in [0.4, 0.5) is 11.4 Å². The van der Waals surface area contributed by atoms with E-state index in [1.165, 1.54) is 7.11 Å². The first-order valence-corrected chi connectivity index (χ1v) is 8.19. The number of ketones is 1. The first-order chi connectivity index (χ1) is 11.7. The highest BCUT2D eigenvalue weighted by Crippen LogP contribution is 2.42. The van der Waals surface area contributed by atoms with Gasteiger partial charge in [-0.3, -0.25) is 14.6 Å². The van der Waals surface area contributed by atoms with Crippen LogP contribution in [0.15, 0.2) is 40.6 Å². The second kappa shape index (κ2) is 7.09. The third kappa shape index (κ3) is 3.73. The van der Waals surface area contributed by atoms with Gasteiger partial charge in [0.25, 0.3) is 0 Å². The lowest BCUT2D eigenvalue weighted by Crippen LogP contribution is -2.41. The van der Waals surface area contributed by atoms with E-state index in [-0.39, 0.29) is 23.5 Å². The number of ether oxygens (including phenoxy) is 1. The Bertz CT molecular complexity index is 745. The topological polar surface area (TPSA) is 102 Å². The fourth-order valence-electron chi connectivity index (χ4n) is 3.14. The van der Waals surface area contributed by atoms with Crippen molar-refractivity contribution in [2.45, 2.75) is 33.6 Å². The highest BCUT2D eigenvalue weighted by atomic mass is 16.5. The monoisotopic (exact) mass is 344 g/mol. The lowest BCUT2D eigenvalue weighted by Gasteiger charge is -2.36. The molecule has 1 aliphatic carbocycles. The number of nitrogens with two attached hydrogens (primary N) is 1. The second-order valence-corrected chi connectivity index (χ2v) is 6.81. The van der Waals surface area contributed by atoms with Gasteiger partial charge in [0.2, 0.25) is 0 Å². The summed E-state index contributed by atoms with van der Waals surface area (Å²) < 4.78 is 4.83. The van der Waals surface area contributed by atoms with Crippen LogP contribution in [0.3, 0.4) is 0 Å². The summed E-state index contributed by atoms with van der Waals surface area (Å²) in [6.45, 7) is 5.38. The number of nitrogen functional groups attached to an aromatic ring is 1. The summed E-state index contributed by atoms with van der Waals surface area (Å²) >= 11 is 0. The van der Waals surface area contributed by atoms with Gasteiger partial charge in [-0.25, -0.2) is 0 Å². The molecule has 3 N–H and O–H groups in total. The molecule has 6 heteroatoms. The number of hydrogen-bond donors (Lipinski definition) is 2. The van der Waals surface area contributed by atoms with Crippen LogP contribution in [0.5, 0.6) is 0 Å². The Labute approximate surface area is 147 Å². The summed E-state index contributed by atoms with van der Waals surface area (Å²) in [4.78, 5) is 29.3. The SMILES string of the molecule is CCC(=Nc1ccc(N)cc1)C1=C(O)[C@H](C(=O)OC)C(C)(C)CC1=O. The molecule has 0 saturated carbocycles. The van der Waals surface area contributed by atoms with Crippen LogP contribution < -0.4 is 5.73 Å². The van der Waals surface area contributed by atoms with Crippen LogP contribution in [-0.4, -0.2) is 29.7 Å². The molecule has 0 amide bonds. The van der Waals surface area contributed by atoms with Gasteiger partial charge in [-0.15, -0.1) is 0 Å². The quantitative estimate of drug-likeness (QED) is 0.495. The van der Waals surface area contributed by atoms with Gasteiger partial charge in [-0.1, -0.05) is 20.8 Å². The largest absolute Gasteiger partial charge is 0.511 e. The standard InChI is InChI=1S/C19H24N2O4/c1-5-13(21-12-8-6-11(20)7-9-12)15-14(22)10-19(2,3)16(17(15)23)18(24)25-4/h6-9,16,23H,5,10,20H2,1-4H3/t16-/m1/s1. The number of aliphatic hydroxyl groups is 1. The molecule has 134 valence electrons. The van der Waals surface area contributed by atoms with Crippen LogP contribution in [0, 0.1) is 11.3 Å². The molecule has 0 unspecified atom stereocenters. The maximum atomic E-state index is 12.7. The van der Waals surface area contributed by atoms with Crippen LogP contribution in [0.1, 0.15) is 33.6 Å². The van der Waals surface area contributed by atoms with Crippen molar-refractivity contribution >= 4 is 28.8 Å². The van der Waals surface area contributed by atoms with Crippen molar-refractivity contribution in [1.82, 2.24) is 0 Å². The van der Waals surface area contributed by atoms with E-state index in [2.05, 4.69) is 4.99 Å². The molecule has 1 aliphatic rings. The molecule has 0 fully saturated rings. The summed E-state index contributed by atoms with van der Waals surface area (Å²) in [5, 5.41) is 10.7. The van der Waals surface area contributed by atoms with Gasteiger partial charge in [0.15, 0.2) is 5.78 Å². The van der Waals surface area contributed by atoms with E-state index in [0.717, 1.165) is 0 Å². The first kappa shape index (κ1) is 18.7. The minimum Gasteiger partial charge on any atom is -0.511 e. The predicted molar refractivity (Wildman–Crippen MR) is 96.8 cm³/mol. The van der Waals surface area contributed by atoms with Crippen LogP contribution >= 0.6 is 0 Å². The minimum absolute atomic E-state index is 0.119. The number of esters is 1. The zero-order chi connectivity index (χ0) is 18.8. The van der Waals surface area contributed by atoms with Crippen molar-refractivity contribution in [3.63, 3.8) is 0 Å². The van der Waals surface area contributed by atoms with Crippen molar-refractivity contribution in [2.24, 2.45) is 16.3 Å². The molecule has 6 nitrogen and oxygen atoms in total. The zero-order valence-electron chi connectivity index (χ0n) is 15.0. The number of methoxy groups -OCH3 is 1. The van der Waals surface area contributed by atoms with Crippen LogP contribution in [0.2, 0.25) is 0 Å². The summed E-state index contributed by atoms with van der Waals surface area (Å²) in [6, 6.07) is 6.89. The Morgan fingerprint density at radius 1 is 1.36 bits per heavy atom. The molecule has 1 atom stereocenters. The fourth-order valence-corrected chi connectivity index (χ4v) is 3.14. The number of benzene rings is 1. The molecular weight excluding hydrogens is 320 g/mol. The highest BCUT2D eigenvalue weighted by Gasteiger charge is 2.47. The third-order valence-corrected chi connectivity index (χ3v) is 4.42.